The summed E-state index contributed by atoms with van der Waals surface area (Å²) in [6, 6.07) is 6.28. The van der Waals surface area contributed by atoms with Crippen molar-refractivity contribution in [1.29, 1.82) is 0 Å². The van der Waals surface area contributed by atoms with Crippen LogP contribution in [-0.2, 0) is 9.59 Å². The Labute approximate surface area is 207 Å². The predicted molar refractivity (Wildman–Crippen MR) is 143 cm³/mol. The Balaban J connectivity index is 2.98. The molecular weight excluding hydrogens is 444 g/mol. The van der Waals surface area contributed by atoms with Crippen LogP contribution in [0.15, 0.2) is 63.0 Å². The van der Waals surface area contributed by atoms with E-state index in [4.69, 9.17) is 5.73 Å². The van der Waals surface area contributed by atoms with Gasteiger partial charge in [-0.05, 0) is 72.0 Å². The minimum atomic E-state index is -0.692. The summed E-state index contributed by atoms with van der Waals surface area (Å²) in [5, 5.41) is 2.71. The number of nitrogens with one attached hydrogen (secondary N) is 1. The SMILES string of the molecule is C=N/C(N=C(C)C)=C(\N=C(C)CN(C)c1ccc(C(=O)N[C@@H](CCC(C)=O)C(C)=O)cc1)C(=C)N. The molecular formula is C26H36N6O3. The molecule has 0 radical (unpaired) electrons. The second-order valence-electron chi connectivity index (χ2n) is 8.54. The zero-order valence-corrected chi connectivity index (χ0v) is 21.5. The maximum Gasteiger partial charge on any atom is 0.251 e. The van der Waals surface area contributed by atoms with Gasteiger partial charge in [-0.15, -0.1) is 0 Å². The second kappa shape index (κ2) is 13.7. The minimum absolute atomic E-state index is 0.0275. The lowest BCUT2D eigenvalue weighted by Crippen LogP contribution is -2.40. The van der Waals surface area contributed by atoms with E-state index in [1.165, 1.54) is 13.8 Å². The molecule has 1 aromatic carbocycles. The molecule has 9 heteroatoms. The number of nitrogens with two attached hydrogens (primary N) is 1. The molecule has 0 aliphatic heterocycles. The van der Waals surface area contributed by atoms with Crippen LogP contribution >= 0.6 is 0 Å². The monoisotopic (exact) mass is 480 g/mol. The molecule has 0 aliphatic carbocycles. The number of hydrogen-bond acceptors (Lipinski definition) is 8. The first-order valence-electron chi connectivity index (χ1n) is 11.2. The van der Waals surface area contributed by atoms with Crippen LogP contribution in [0.25, 0.3) is 0 Å². The molecule has 0 fully saturated rings. The topological polar surface area (TPSA) is 130 Å². The van der Waals surface area contributed by atoms with Crippen LogP contribution in [0.4, 0.5) is 5.69 Å². The van der Waals surface area contributed by atoms with Gasteiger partial charge in [0.2, 0.25) is 0 Å². The minimum Gasteiger partial charge on any atom is -0.397 e. The number of aliphatic imine (C=N–C) groups is 3. The molecule has 35 heavy (non-hydrogen) atoms. The number of carbonyl (C=O) groups is 3. The van der Waals surface area contributed by atoms with Crippen molar-refractivity contribution >= 4 is 41.3 Å². The average Bonchev–Trinajstić information content (AvgIpc) is 2.77. The summed E-state index contributed by atoms with van der Waals surface area (Å²) in [4.78, 5) is 50.4. The van der Waals surface area contributed by atoms with Crippen molar-refractivity contribution in [3.63, 3.8) is 0 Å². The lowest BCUT2D eigenvalue weighted by atomic mass is 10.1. The highest BCUT2D eigenvalue weighted by Gasteiger charge is 2.18. The lowest BCUT2D eigenvalue weighted by Gasteiger charge is -2.20. The summed E-state index contributed by atoms with van der Waals surface area (Å²) >= 11 is 0. The van der Waals surface area contributed by atoms with E-state index in [9.17, 15) is 14.4 Å². The quantitative estimate of drug-likeness (QED) is 0.330. The molecule has 0 heterocycles. The maximum absolute atomic E-state index is 12.6. The molecule has 0 saturated heterocycles. The Morgan fingerprint density at radius 1 is 1.06 bits per heavy atom. The molecule has 1 rings (SSSR count). The first-order valence-corrected chi connectivity index (χ1v) is 11.2. The van der Waals surface area contributed by atoms with E-state index in [1.807, 2.05) is 32.7 Å². The third-order valence-corrected chi connectivity index (χ3v) is 4.92. The smallest absolute Gasteiger partial charge is 0.251 e. The van der Waals surface area contributed by atoms with Crippen molar-refractivity contribution in [1.82, 2.24) is 5.32 Å². The van der Waals surface area contributed by atoms with Gasteiger partial charge in [-0.1, -0.05) is 6.58 Å². The van der Waals surface area contributed by atoms with E-state index in [0.29, 0.717) is 23.6 Å². The Morgan fingerprint density at radius 2 is 1.66 bits per heavy atom. The van der Waals surface area contributed by atoms with Gasteiger partial charge in [0.1, 0.15) is 11.5 Å². The highest BCUT2D eigenvalue weighted by atomic mass is 16.2. The van der Waals surface area contributed by atoms with Crippen LogP contribution in [0.5, 0.6) is 0 Å². The van der Waals surface area contributed by atoms with E-state index < -0.39 is 6.04 Å². The number of benzene rings is 1. The van der Waals surface area contributed by atoms with Gasteiger partial charge >= 0.3 is 0 Å². The summed E-state index contributed by atoms with van der Waals surface area (Å²) < 4.78 is 0. The van der Waals surface area contributed by atoms with Crippen LogP contribution in [0.3, 0.4) is 0 Å². The van der Waals surface area contributed by atoms with Crippen molar-refractivity contribution in [3.8, 4) is 0 Å². The van der Waals surface area contributed by atoms with Gasteiger partial charge in [-0.25, -0.2) is 9.98 Å². The lowest BCUT2D eigenvalue weighted by molar-refractivity contribution is -0.119. The van der Waals surface area contributed by atoms with E-state index >= 15 is 0 Å². The van der Waals surface area contributed by atoms with E-state index in [2.05, 4.69) is 33.6 Å². The number of nitrogens with zero attached hydrogens (tertiary/aromatic N) is 4. The van der Waals surface area contributed by atoms with Crippen LogP contribution in [0.1, 0.15) is 57.8 Å². The van der Waals surface area contributed by atoms with Crippen molar-refractivity contribution in [2.75, 3.05) is 18.5 Å². The molecule has 0 bridgehead atoms. The Morgan fingerprint density at radius 3 is 2.11 bits per heavy atom. The number of amides is 1. The van der Waals surface area contributed by atoms with Crippen molar-refractivity contribution in [2.45, 2.75) is 53.5 Å². The average molecular weight is 481 g/mol. The zero-order valence-electron chi connectivity index (χ0n) is 21.5. The largest absolute Gasteiger partial charge is 0.397 e. The Kier molecular flexibility index (Phi) is 11.4. The van der Waals surface area contributed by atoms with E-state index in [1.54, 1.807) is 24.3 Å². The molecule has 1 atom stereocenters. The highest BCUT2D eigenvalue weighted by molar-refractivity contribution is 5.98. The zero-order chi connectivity index (χ0) is 26.7. The highest BCUT2D eigenvalue weighted by Crippen LogP contribution is 2.17. The van der Waals surface area contributed by atoms with Gasteiger partial charge < -0.3 is 20.7 Å². The van der Waals surface area contributed by atoms with Crippen molar-refractivity contribution in [2.24, 2.45) is 20.7 Å². The van der Waals surface area contributed by atoms with Gasteiger partial charge in [0, 0.05) is 36.1 Å². The fourth-order valence-electron chi connectivity index (χ4n) is 3.13. The summed E-state index contributed by atoms with van der Waals surface area (Å²) in [7, 11) is 1.89. The molecule has 3 N–H and O–H groups in total. The van der Waals surface area contributed by atoms with Crippen LogP contribution in [-0.4, -0.2) is 55.2 Å². The molecule has 1 amide bonds. The van der Waals surface area contributed by atoms with Crippen LogP contribution in [0, 0.1) is 0 Å². The summed E-state index contributed by atoms with van der Waals surface area (Å²) in [5.41, 5.74) is 9.32. The molecule has 0 spiro atoms. The normalized spacial score (nSPS) is 12.7. The second-order valence-corrected chi connectivity index (χ2v) is 8.54. The molecule has 0 aromatic heterocycles. The number of ketones is 2. The van der Waals surface area contributed by atoms with Gasteiger partial charge in [0.15, 0.2) is 11.6 Å². The summed E-state index contributed by atoms with van der Waals surface area (Å²) in [5.74, 6) is -0.274. The van der Waals surface area contributed by atoms with Gasteiger partial charge in [-0.2, -0.15) is 0 Å². The third-order valence-electron chi connectivity index (χ3n) is 4.92. The van der Waals surface area contributed by atoms with Crippen LogP contribution < -0.4 is 16.0 Å². The number of carbonyl (C=O) groups excluding carboxylic acids is 3. The van der Waals surface area contributed by atoms with Gasteiger partial charge in [-0.3, -0.25) is 14.6 Å². The van der Waals surface area contributed by atoms with Crippen molar-refractivity contribution in [3.05, 3.63) is 53.6 Å². The first kappa shape index (κ1) is 29.2. The Hall–Kier alpha value is -3.88. The fourth-order valence-corrected chi connectivity index (χ4v) is 3.13. The number of Topliss-reactive ketones (excluding diaryl/α,β-unsaturated/α-hetero) is 2. The number of hydrogen-bond donors (Lipinski definition) is 2. The van der Waals surface area contributed by atoms with Crippen molar-refractivity contribution < 1.29 is 14.4 Å². The number of rotatable bonds is 13. The molecule has 1 aromatic rings. The van der Waals surface area contributed by atoms with Crippen LogP contribution in [0.2, 0.25) is 0 Å². The standard InChI is InChI=1S/C26H36N6O3/c1-16(2)29-25(28-7)24(19(5)27)30-17(3)15-32(8)22-12-10-21(11-13-22)26(35)31-23(20(6)34)14-9-18(4)33/h10-13,23H,5,7,9,14-15,27H2,1-4,6,8H3,(H,31,35)/b25-24+,30-17?/t23-/m0/s1. The Bertz CT molecular complexity index is 1060. The maximum atomic E-state index is 12.6. The molecule has 188 valence electrons. The van der Waals surface area contributed by atoms with Gasteiger partial charge in [0.05, 0.1) is 18.3 Å². The molecule has 0 saturated carbocycles. The first-order chi connectivity index (χ1) is 16.3. The summed E-state index contributed by atoms with van der Waals surface area (Å²) in [6.45, 7) is 16.2. The number of anilines is 1. The summed E-state index contributed by atoms with van der Waals surface area (Å²) in [6.07, 6.45) is 0.520. The van der Waals surface area contributed by atoms with E-state index in [-0.39, 0.29) is 36.0 Å². The predicted octanol–water partition coefficient (Wildman–Crippen LogP) is 3.46. The molecule has 0 unspecified atom stereocenters. The fraction of sp³-hybridized carbons (Fsp3) is 0.385. The molecule has 9 nitrogen and oxygen atoms in total. The van der Waals surface area contributed by atoms with Gasteiger partial charge in [0.25, 0.3) is 5.91 Å². The molecule has 0 aliphatic rings. The third kappa shape index (κ3) is 9.87. The van der Waals surface area contributed by atoms with E-state index in [0.717, 1.165) is 17.1 Å².